The average molecular weight is 1810 g/mol. The molecule has 5 unspecified atom stereocenters. The van der Waals surface area contributed by atoms with Crippen LogP contribution in [0.3, 0.4) is 0 Å². The summed E-state index contributed by atoms with van der Waals surface area (Å²) in [7, 11) is 11.6. The van der Waals surface area contributed by atoms with E-state index < -0.39 is 6.10 Å². The number of carbonyl (C=O) groups excluding carboxylic acids is 4. The number of H-pyrrole nitrogens is 5. The molecule has 0 aliphatic heterocycles. The molecule has 23 nitrogen and oxygen atoms in total. The van der Waals surface area contributed by atoms with Gasteiger partial charge in [-0.05, 0) is 264 Å². The van der Waals surface area contributed by atoms with Gasteiger partial charge in [-0.15, -0.1) is 24.8 Å². The second kappa shape index (κ2) is 59.0. The largest absolute Gasteiger partial charge is 1.00 e. The zero-order chi connectivity index (χ0) is 84.2. The minimum absolute atomic E-state index is 0. The summed E-state index contributed by atoms with van der Waals surface area (Å²) in [6, 6.07) is 36.1. The number of aryl methyl sites for hydroxylation is 6. The third kappa shape index (κ3) is 32.8. The van der Waals surface area contributed by atoms with E-state index in [0.29, 0.717) is 30.2 Å². The standard InChI is InChI=1S/C15H18N2O2.C15H16N2O2.C15H14N2O2.2C15H18N2O.C11H12O2.C5H6N2O.CH5BS.6CH4.B.2ClH.Na.H/c3*1-19-13-5-4-10-2-3-11(15(18)14(10)7-13)6-12-8-16-9-17-12;2*1-18-15-5-4-12-3-2-11(6-13(12)8-15)7-14-9-16-10-17-14;1-13-9-6-5-8-3-2-4-11(12)10(8)7-9;1-7-4-6-2-5(7)3-8;1-2-3;;;;;;;;;;;/h4-5,7-9,11,15,18H,2-3,6H2,1H3,(H,16,17);4-5,7-9,11H,2-3,6H2,1H3,(H,16,17);4-9H,2-3H2,1H3,(H,16,17);2*4-5,8-11H,2-3,6-7H2,1H3,(H,16,17);5-7H,2-4H2,1H3;2-4H,1H3;2-3H,1H3;6*1H4;;2*1H;;/q;;;;;;;;;;;;;;;;;+1;-1/b;;11-6+;;;;;;;;;;;;;;;;/i;;;;;;4T;2D;;;;;;;;;;;. The second-order valence-corrected chi connectivity index (χ2v) is 30.1. The number of methoxy groups -OCH3 is 6. The van der Waals surface area contributed by atoms with Gasteiger partial charge < -0.3 is 64.4 Å². The monoisotopic (exact) mass is 1800 g/mol. The van der Waals surface area contributed by atoms with Gasteiger partial charge in [-0.2, -0.15) is 0 Å². The molecule has 6 aliphatic carbocycles. The molecule has 127 heavy (non-hydrogen) atoms. The minimum atomic E-state index is -0.429. The van der Waals surface area contributed by atoms with Crippen molar-refractivity contribution in [1.82, 2.24) is 59.4 Å². The molecule has 6 N–H and O–H groups in total. The Hall–Kier alpha value is -10.2. The molecule has 6 aliphatic rings. The first-order valence-electron chi connectivity index (χ1n) is 40.8. The first-order valence-corrected chi connectivity index (χ1v) is 40.3. The van der Waals surface area contributed by atoms with Crippen molar-refractivity contribution >= 4 is 81.9 Å². The average Bonchev–Trinajstić information content (AvgIpc) is 1.75. The Morgan fingerprint density at radius 3 is 1.34 bits per heavy atom. The summed E-state index contributed by atoms with van der Waals surface area (Å²) in [5.74, 6) is 7.23. The zero-order valence-electron chi connectivity index (χ0n) is 73.3. The number of aldehydes is 1. The van der Waals surface area contributed by atoms with E-state index in [0.717, 1.165) is 186 Å². The quantitative estimate of drug-likeness (QED) is 0.0205. The molecule has 3 radical (unpaired) electrons. The van der Waals surface area contributed by atoms with Crippen molar-refractivity contribution in [2.24, 2.45) is 30.7 Å². The molecular formula is C98H134B2Cl2N12NaO11S. The maximum atomic E-state index is 12.5. The van der Waals surface area contributed by atoms with E-state index in [-0.39, 0.29) is 151 Å². The molecule has 0 fully saturated rings. The number of carbonyl (C=O) groups is 4. The number of fused-ring (bicyclic) bond motifs is 6. The Morgan fingerprint density at radius 1 is 0.496 bits per heavy atom. The van der Waals surface area contributed by atoms with Crippen LogP contribution in [-0.4, -0.2) is 147 Å². The number of aromatic nitrogens is 12. The van der Waals surface area contributed by atoms with Crippen molar-refractivity contribution in [3.05, 3.63) is 291 Å². The van der Waals surface area contributed by atoms with Crippen LogP contribution in [0.15, 0.2) is 190 Å². The summed E-state index contributed by atoms with van der Waals surface area (Å²) >= 11 is 3.63. The maximum Gasteiger partial charge on any atom is 1.00 e. The molecule has 18 rings (SSSR count). The number of imidazole rings is 6. The predicted molar refractivity (Wildman–Crippen MR) is 520 cm³/mol. The van der Waals surface area contributed by atoms with E-state index in [1.165, 1.54) is 75.7 Å². The Morgan fingerprint density at radius 2 is 0.898 bits per heavy atom. The zero-order valence-corrected chi connectivity index (χ0v) is 74.8. The molecule has 6 aromatic carbocycles. The Bertz CT molecular complexity index is 5190. The molecule has 6 heterocycles. The number of hydrogen-bond donors (Lipinski definition) is 7. The van der Waals surface area contributed by atoms with E-state index in [1.807, 2.05) is 91.4 Å². The molecule has 0 bridgehead atoms. The van der Waals surface area contributed by atoms with Crippen molar-refractivity contribution in [1.29, 1.82) is 1.34 Å². The molecule has 5 atom stereocenters. The number of nitrogens with zero attached hydrogens (tertiary/aromatic N) is 7. The van der Waals surface area contributed by atoms with E-state index >= 15 is 0 Å². The number of allylic oxidation sites excluding steroid dienone is 1. The number of Topliss-reactive ketones (excluding diaryl/α,β-unsaturated/α-hetero) is 3. The Kier molecular flexibility index (Phi) is 51.6. The van der Waals surface area contributed by atoms with Crippen LogP contribution in [0.4, 0.5) is 0 Å². The molecule has 6 aromatic heterocycles. The second-order valence-electron chi connectivity index (χ2n) is 29.6. The summed E-state index contributed by atoms with van der Waals surface area (Å²) < 4.78 is 46.2. The number of thiol groups is 1. The summed E-state index contributed by atoms with van der Waals surface area (Å²) in [5, 5.41) is 10.6. The number of nitrogens with one attached hydrogen (secondary N) is 5. The van der Waals surface area contributed by atoms with Crippen molar-refractivity contribution in [2.75, 3.05) is 42.7 Å². The SMILES string of the molecule is C.C.C.C.C.C.COc1ccc2c(c1)C(=O)/C(=C/c1cnc[nH]1)CC2.COc1ccc2c(c1)C(=O)C(Cc1cnc[nH]1)CC2.COc1ccc2c(c1)C(=O)CCC2.COc1ccc2c(c1)C(O)C(Cc1cnc[nH]1)CC2.COc1ccc2c(c1)CC(Cc1cnc[nH]1)CC2.COc1ccc2c(c1)CC(Cc1cnc[nH]1)CC2.Cl.Cl.[2H]B(C)S.[3H]c1ncc(C=O)n1C.[B].[H-].[Na+]. The van der Waals surface area contributed by atoms with Crippen molar-refractivity contribution in [3.63, 3.8) is 0 Å². The van der Waals surface area contributed by atoms with Gasteiger partial charge >= 0.3 is 29.6 Å². The summed E-state index contributed by atoms with van der Waals surface area (Å²) in [5.41, 5.74) is 20.6. The maximum absolute atomic E-state index is 12.5. The molecule has 0 amide bonds. The van der Waals surface area contributed by atoms with Crippen LogP contribution in [0.5, 0.6) is 34.5 Å². The van der Waals surface area contributed by atoms with Crippen LogP contribution >= 0.6 is 37.3 Å². The Labute approximate surface area is 800 Å². The van der Waals surface area contributed by atoms with E-state index in [1.54, 1.807) is 101 Å². The van der Waals surface area contributed by atoms with Crippen molar-refractivity contribution in [3.8, 4) is 34.5 Å². The van der Waals surface area contributed by atoms with Crippen LogP contribution in [0, 0.1) is 23.7 Å². The van der Waals surface area contributed by atoms with Gasteiger partial charge in [0.25, 0.3) is 0 Å². The normalized spacial score (nSPS) is 16.2. The fourth-order valence-electron chi connectivity index (χ4n) is 15.7. The number of hydrogen-bond acceptors (Lipinski definition) is 18. The molecule has 12 aromatic rings. The van der Waals surface area contributed by atoms with Crippen LogP contribution in [0.2, 0.25) is 6.82 Å². The third-order valence-electron chi connectivity index (χ3n) is 22.0. The minimum Gasteiger partial charge on any atom is -1.00 e. The van der Waals surface area contributed by atoms with Gasteiger partial charge in [0.2, 0.25) is 0 Å². The van der Waals surface area contributed by atoms with E-state index in [4.69, 9.17) is 31.1 Å². The fraction of sp³-hybridized carbons (Fsp3) is 0.388. The molecule has 29 heteroatoms. The Balaban J connectivity index is 0.00000147. The number of ketones is 3. The van der Waals surface area contributed by atoms with Gasteiger partial charge in [-0.25, -0.2) is 42.4 Å². The summed E-state index contributed by atoms with van der Waals surface area (Å²) in [6.07, 6.45) is 40.3. The molecule has 0 saturated carbocycles. The number of rotatable bonds is 16. The third-order valence-corrected chi connectivity index (χ3v) is 22.0. The number of benzene rings is 6. The first-order chi connectivity index (χ1) is 57.8. The molecule has 0 spiro atoms. The van der Waals surface area contributed by atoms with Crippen molar-refractivity contribution < 1.29 is 85.1 Å². The van der Waals surface area contributed by atoms with Crippen LogP contribution < -0.4 is 58.0 Å². The molecule has 0 saturated heterocycles. The van der Waals surface area contributed by atoms with Gasteiger partial charge in [0.15, 0.2) is 30.2 Å². The predicted octanol–water partition coefficient (Wildman–Crippen LogP) is 17.0. The van der Waals surface area contributed by atoms with Gasteiger partial charge in [-0.3, -0.25) is 19.2 Å². The summed E-state index contributed by atoms with van der Waals surface area (Å²) in [6.45, 7) is 1.48. The fourth-order valence-corrected chi connectivity index (χ4v) is 15.7. The molecule has 679 valence electrons. The van der Waals surface area contributed by atoms with E-state index in [2.05, 4.69) is 110 Å². The van der Waals surface area contributed by atoms with Gasteiger partial charge in [0.1, 0.15) is 41.6 Å². The van der Waals surface area contributed by atoms with Crippen LogP contribution in [-0.2, 0) is 84.1 Å². The van der Waals surface area contributed by atoms with Crippen LogP contribution in [0.1, 0.15) is 219 Å². The number of ether oxygens (including phenoxy) is 6. The molecular weight excluding hydrogens is 1670 g/mol. The number of aliphatic hydroxyl groups is 1. The topological polar surface area (TPSA) is 305 Å². The van der Waals surface area contributed by atoms with Gasteiger partial charge in [0, 0.05) is 97.6 Å². The number of halogens is 2. The number of aromatic amines is 5. The van der Waals surface area contributed by atoms with E-state index in [9.17, 15) is 24.3 Å². The van der Waals surface area contributed by atoms with Gasteiger partial charge in [0.05, 0.1) is 105 Å². The van der Waals surface area contributed by atoms with Crippen molar-refractivity contribution in [2.45, 2.75) is 179 Å². The number of aliphatic hydroxyl groups excluding tert-OH is 1. The van der Waals surface area contributed by atoms with Crippen LogP contribution in [0.25, 0.3) is 6.08 Å². The van der Waals surface area contributed by atoms with Gasteiger partial charge in [-0.1, -0.05) is 87.8 Å². The smallest absolute Gasteiger partial charge is 1.00 e. The first kappa shape index (κ1) is 111. The summed E-state index contributed by atoms with van der Waals surface area (Å²) in [4.78, 5) is 85.8.